The lowest BCUT2D eigenvalue weighted by atomic mass is 9.80. The lowest BCUT2D eigenvalue weighted by Crippen LogP contribution is -2.17. The molecule has 250 valence electrons. The quantitative estimate of drug-likeness (QED) is 0.186. The van der Waals surface area contributed by atoms with Crippen LogP contribution in [0.2, 0.25) is 0 Å². The van der Waals surface area contributed by atoms with Crippen molar-refractivity contribution in [3.8, 4) is 51.0 Å². The summed E-state index contributed by atoms with van der Waals surface area (Å²) in [6.45, 7) is 4.60. The summed E-state index contributed by atoms with van der Waals surface area (Å²) in [5.74, 6) is 1.90. The van der Waals surface area contributed by atoms with Gasteiger partial charge in [-0.2, -0.15) is 0 Å². The Morgan fingerprint density at radius 1 is 0.472 bits per heavy atom. The molecule has 11 rings (SSSR count). The molecule has 0 saturated carbocycles. The molecule has 3 heterocycles. The topological polar surface area (TPSA) is 56.7 Å². The first-order valence-electron chi connectivity index (χ1n) is 18.0. The van der Waals surface area contributed by atoms with Crippen LogP contribution in [0.4, 0.5) is 0 Å². The standard InChI is InChI=1S/C48H32N4O/c1-48(2)38-22-9-6-16-31(38)34-19-12-21-37(44(34)48)47-50-45(29-14-4-3-5-15-29)49-46(51-47)36-20-13-25-41-43(36)35-27-26-30(28-42(35)53-41)52-39-23-10-7-17-32(39)33-18-8-11-24-40(33)52/h3-28H,1-2H3. The Bertz CT molecular complexity index is 3040. The number of aromatic nitrogens is 4. The van der Waals surface area contributed by atoms with Gasteiger partial charge in [0.05, 0.1) is 11.0 Å². The van der Waals surface area contributed by atoms with E-state index >= 15 is 0 Å². The number of para-hydroxylation sites is 2. The molecule has 5 nitrogen and oxygen atoms in total. The summed E-state index contributed by atoms with van der Waals surface area (Å²) in [6, 6.07) is 55.2. The van der Waals surface area contributed by atoms with Crippen molar-refractivity contribution < 1.29 is 4.42 Å². The largest absolute Gasteiger partial charge is 0.456 e. The first-order chi connectivity index (χ1) is 26.0. The molecule has 0 unspecified atom stereocenters. The minimum atomic E-state index is -0.225. The number of benzene rings is 7. The molecule has 0 N–H and O–H groups in total. The molecular weight excluding hydrogens is 649 g/mol. The van der Waals surface area contributed by atoms with E-state index in [1.807, 2.05) is 30.3 Å². The Labute approximate surface area is 305 Å². The predicted molar refractivity (Wildman–Crippen MR) is 215 cm³/mol. The zero-order valence-electron chi connectivity index (χ0n) is 29.2. The van der Waals surface area contributed by atoms with Crippen LogP contribution in [-0.4, -0.2) is 19.5 Å². The molecule has 0 saturated heterocycles. The molecule has 1 aliphatic rings. The van der Waals surface area contributed by atoms with Gasteiger partial charge in [0.15, 0.2) is 17.5 Å². The molecule has 1 aliphatic carbocycles. The molecule has 5 heteroatoms. The maximum Gasteiger partial charge on any atom is 0.164 e. The molecule has 0 amide bonds. The third kappa shape index (κ3) is 4.34. The lowest BCUT2D eigenvalue weighted by Gasteiger charge is -2.24. The molecule has 0 fully saturated rings. The molecule has 3 aromatic heterocycles. The molecule has 7 aromatic carbocycles. The second-order valence-corrected chi connectivity index (χ2v) is 14.4. The van der Waals surface area contributed by atoms with Crippen LogP contribution in [0.25, 0.3) is 94.7 Å². The minimum Gasteiger partial charge on any atom is -0.456 e. The van der Waals surface area contributed by atoms with Gasteiger partial charge in [-0.3, -0.25) is 0 Å². The Balaban J connectivity index is 1.13. The highest BCUT2D eigenvalue weighted by Crippen LogP contribution is 2.52. The monoisotopic (exact) mass is 680 g/mol. The van der Waals surface area contributed by atoms with Crippen molar-refractivity contribution in [3.63, 3.8) is 0 Å². The van der Waals surface area contributed by atoms with Crippen LogP contribution in [0.3, 0.4) is 0 Å². The second-order valence-electron chi connectivity index (χ2n) is 14.4. The van der Waals surface area contributed by atoms with Crippen molar-refractivity contribution in [1.29, 1.82) is 0 Å². The molecule has 0 spiro atoms. The van der Waals surface area contributed by atoms with Crippen molar-refractivity contribution in [2.24, 2.45) is 0 Å². The summed E-state index contributed by atoms with van der Waals surface area (Å²) in [5, 5.41) is 4.46. The van der Waals surface area contributed by atoms with Gasteiger partial charge >= 0.3 is 0 Å². The SMILES string of the molecule is CC1(C)c2ccccc2-c2cccc(-c3nc(-c4ccccc4)nc(-c4cccc5oc6cc(-n7c8ccccc8c8ccccc87)ccc6c45)n3)c21. The van der Waals surface area contributed by atoms with E-state index in [9.17, 15) is 0 Å². The van der Waals surface area contributed by atoms with Gasteiger partial charge in [0.1, 0.15) is 11.2 Å². The molecular formula is C48H32N4O. The average Bonchev–Trinajstić information content (AvgIpc) is 3.83. The molecule has 53 heavy (non-hydrogen) atoms. The molecule has 0 atom stereocenters. The third-order valence-corrected chi connectivity index (χ3v) is 11.0. The molecule has 0 radical (unpaired) electrons. The van der Waals surface area contributed by atoms with Crippen LogP contribution >= 0.6 is 0 Å². The fourth-order valence-electron chi connectivity index (χ4n) is 8.71. The fraction of sp³-hybridized carbons (Fsp3) is 0.0625. The Morgan fingerprint density at radius 3 is 1.87 bits per heavy atom. The van der Waals surface area contributed by atoms with Gasteiger partial charge in [-0.25, -0.2) is 15.0 Å². The summed E-state index contributed by atoms with van der Waals surface area (Å²) in [5.41, 5.74) is 12.7. The summed E-state index contributed by atoms with van der Waals surface area (Å²) in [6.07, 6.45) is 0. The summed E-state index contributed by atoms with van der Waals surface area (Å²) in [4.78, 5) is 15.6. The van der Waals surface area contributed by atoms with Crippen molar-refractivity contribution in [2.75, 3.05) is 0 Å². The molecule has 10 aromatic rings. The smallest absolute Gasteiger partial charge is 0.164 e. The predicted octanol–water partition coefficient (Wildman–Crippen LogP) is 12.2. The number of hydrogen-bond acceptors (Lipinski definition) is 4. The van der Waals surface area contributed by atoms with Crippen LogP contribution in [0.5, 0.6) is 0 Å². The second kappa shape index (κ2) is 11.1. The van der Waals surface area contributed by atoms with Crippen LogP contribution in [-0.2, 0) is 5.41 Å². The number of fused-ring (bicyclic) bond motifs is 9. The maximum atomic E-state index is 6.65. The maximum absolute atomic E-state index is 6.65. The number of furan rings is 1. The number of nitrogens with zero attached hydrogens (tertiary/aromatic N) is 4. The molecule has 0 bridgehead atoms. The minimum absolute atomic E-state index is 0.225. The van der Waals surface area contributed by atoms with E-state index in [-0.39, 0.29) is 5.41 Å². The van der Waals surface area contributed by atoms with Gasteiger partial charge in [0, 0.05) is 55.4 Å². The van der Waals surface area contributed by atoms with E-state index in [1.165, 1.54) is 33.0 Å². The normalized spacial score (nSPS) is 13.2. The highest BCUT2D eigenvalue weighted by Gasteiger charge is 2.38. The van der Waals surface area contributed by atoms with Gasteiger partial charge in [0.25, 0.3) is 0 Å². The third-order valence-electron chi connectivity index (χ3n) is 11.0. The Kier molecular flexibility index (Phi) is 6.23. The Hall–Kier alpha value is -6.85. The van der Waals surface area contributed by atoms with Gasteiger partial charge in [0.2, 0.25) is 0 Å². The van der Waals surface area contributed by atoms with Gasteiger partial charge in [-0.15, -0.1) is 0 Å². The highest BCUT2D eigenvalue weighted by atomic mass is 16.3. The van der Waals surface area contributed by atoms with Crippen molar-refractivity contribution >= 4 is 43.7 Å². The average molecular weight is 681 g/mol. The first-order valence-corrected chi connectivity index (χ1v) is 18.0. The Morgan fingerprint density at radius 2 is 1.08 bits per heavy atom. The number of hydrogen-bond donors (Lipinski definition) is 0. The van der Waals surface area contributed by atoms with E-state index < -0.39 is 0 Å². The fourth-order valence-corrected chi connectivity index (χ4v) is 8.71. The van der Waals surface area contributed by atoms with E-state index in [2.05, 4.69) is 146 Å². The summed E-state index contributed by atoms with van der Waals surface area (Å²) < 4.78 is 8.97. The van der Waals surface area contributed by atoms with Crippen LogP contribution in [0.15, 0.2) is 162 Å². The van der Waals surface area contributed by atoms with E-state index in [1.54, 1.807) is 0 Å². The van der Waals surface area contributed by atoms with Gasteiger partial charge < -0.3 is 8.98 Å². The van der Waals surface area contributed by atoms with E-state index in [4.69, 9.17) is 19.4 Å². The first kappa shape index (κ1) is 29.8. The van der Waals surface area contributed by atoms with Crippen molar-refractivity contribution in [1.82, 2.24) is 19.5 Å². The highest BCUT2D eigenvalue weighted by molar-refractivity contribution is 6.13. The van der Waals surface area contributed by atoms with Gasteiger partial charge in [-0.05, 0) is 52.6 Å². The zero-order chi connectivity index (χ0) is 35.3. The van der Waals surface area contributed by atoms with Crippen LogP contribution < -0.4 is 0 Å². The van der Waals surface area contributed by atoms with Crippen molar-refractivity contribution in [3.05, 3.63) is 169 Å². The summed E-state index contributed by atoms with van der Waals surface area (Å²) in [7, 11) is 0. The van der Waals surface area contributed by atoms with E-state index in [0.717, 1.165) is 55.3 Å². The van der Waals surface area contributed by atoms with Crippen molar-refractivity contribution in [2.45, 2.75) is 19.3 Å². The van der Waals surface area contributed by atoms with Crippen LogP contribution in [0, 0.1) is 0 Å². The lowest BCUT2D eigenvalue weighted by molar-refractivity contribution is 0.661. The molecule has 0 aliphatic heterocycles. The number of rotatable bonds is 4. The van der Waals surface area contributed by atoms with E-state index in [0.29, 0.717) is 17.5 Å². The van der Waals surface area contributed by atoms with Gasteiger partial charge in [-0.1, -0.05) is 135 Å². The summed E-state index contributed by atoms with van der Waals surface area (Å²) >= 11 is 0. The van der Waals surface area contributed by atoms with Crippen LogP contribution in [0.1, 0.15) is 25.0 Å². The zero-order valence-corrected chi connectivity index (χ0v) is 29.2.